The van der Waals surface area contributed by atoms with E-state index >= 15 is 0 Å². The number of aromatic amines is 1. The summed E-state index contributed by atoms with van der Waals surface area (Å²) in [5.41, 5.74) is 0. The van der Waals surface area contributed by atoms with Crippen molar-refractivity contribution in [1.82, 2.24) is 20.1 Å². The number of carbonyl (C=O) groups is 1. The third kappa shape index (κ3) is 2.63. The van der Waals surface area contributed by atoms with Gasteiger partial charge in [0.15, 0.2) is 0 Å². The van der Waals surface area contributed by atoms with Gasteiger partial charge >= 0.3 is 0 Å². The van der Waals surface area contributed by atoms with E-state index in [1.54, 1.807) is 12.0 Å². The van der Waals surface area contributed by atoms with Crippen LogP contribution in [-0.4, -0.2) is 52.8 Å². The largest absolute Gasteiger partial charge is 0.384 e. The van der Waals surface area contributed by atoms with E-state index in [4.69, 9.17) is 4.74 Å². The van der Waals surface area contributed by atoms with Crippen molar-refractivity contribution < 1.29 is 9.53 Å². The zero-order valence-electron chi connectivity index (χ0n) is 10.3. The Morgan fingerprint density at radius 3 is 3.12 bits per heavy atom. The molecule has 1 aromatic heterocycles. The fourth-order valence-electron chi connectivity index (χ4n) is 2.08. The normalized spacial score (nSPS) is 19.9. The number of ether oxygens (including phenoxy) is 1. The minimum atomic E-state index is -0.0837. The monoisotopic (exact) mass is 238 g/mol. The van der Waals surface area contributed by atoms with Gasteiger partial charge in [-0.15, -0.1) is 5.10 Å². The molecule has 0 spiro atoms. The highest BCUT2D eigenvalue weighted by Gasteiger charge is 2.28. The number of amides is 1. The van der Waals surface area contributed by atoms with Gasteiger partial charge in [0.2, 0.25) is 5.82 Å². The van der Waals surface area contributed by atoms with E-state index in [9.17, 15) is 4.79 Å². The van der Waals surface area contributed by atoms with Crippen LogP contribution in [-0.2, 0) is 11.2 Å². The Hall–Kier alpha value is -1.43. The van der Waals surface area contributed by atoms with Crippen LogP contribution in [0.5, 0.6) is 0 Å². The first-order valence-electron chi connectivity index (χ1n) is 5.94. The molecule has 1 aliphatic heterocycles. The molecule has 1 saturated heterocycles. The number of methoxy groups -OCH3 is 1. The summed E-state index contributed by atoms with van der Waals surface area (Å²) in [5, 5.41) is 6.71. The predicted octanol–water partition coefficient (Wildman–Crippen LogP) is 0.476. The third-order valence-corrected chi connectivity index (χ3v) is 3.03. The van der Waals surface area contributed by atoms with Crippen LogP contribution < -0.4 is 0 Å². The van der Waals surface area contributed by atoms with Crippen LogP contribution in [0.4, 0.5) is 0 Å². The molecule has 6 nitrogen and oxygen atoms in total. The van der Waals surface area contributed by atoms with E-state index in [1.165, 1.54) is 0 Å². The average molecular weight is 238 g/mol. The van der Waals surface area contributed by atoms with Gasteiger partial charge in [-0.3, -0.25) is 9.89 Å². The molecule has 0 radical (unpaired) electrons. The number of carbonyl (C=O) groups excluding carboxylic acids is 1. The fourth-order valence-corrected chi connectivity index (χ4v) is 2.08. The Labute approximate surface area is 100 Å². The van der Waals surface area contributed by atoms with Gasteiger partial charge in [-0.1, -0.05) is 6.92 Å². The van der Waals surface area contributed by atoms with Crippen molar-refractivity contribution in [3.05, 3.63) is 11.6 Å². The van der Waals surface area contributed by atoms with Crippen LogP contribution >= 0.6 is 0 Å². The fraction of sp³-hybridized carbons (Fsp3) is 0.727. The molecular weight excluding hydrogens is 220 g/mol. The molecule has 0 aromatic carbocycles. The number of rotatable bonds is 4. The number of likely N-dealkylation sites (tertiary alicyclic amines) is 1. The summed E-state index contributed by atoms with van der Waals surface area (Å²) in [5.74, 6) is 1.38. The summed E-state index contributed by atoms with van der Waals surface area (Å²) in [4.78, 5) is 18.0. The molecule has 1 atom stereocenters. The topological polar surface area (TPSA) is 71.1 Å². The Kier molecular flexibility index (Phi) is 3.73. The first-order chi connectivity index (χ1) is 8.24. The Morgan fingerprint density at radius 2 is 2.47 bits per heavy atom. The van der Waals surface area contributed by atoms with Gasteiger partial charge in [0.1, 0.15) is 5.82 Å². The summed E-state index contributed by atoms with van der Waals surface area (Å²) in [7, 11) is 1.69. The van der Waals surface area contributed by atoms with Gasteiger partial charge in [-0.2, -0.15) is 0 Å². The first kappa shape index (κ1) is 12.0. The van der Waals surface area contributed by atoms with Crippen LogP contribution in [0.15, 0.2) is 0 Å². The van der Waals surface area contributed by atoms with Crippen LogP contribution in [0, 0.1) is 5.92 Å². The van der Waals surface area contributed by atoms with Crippen LogP contribution in [0.3, 0.4) is 0 Å². The Morgan fingerprint density at radius 1 is 1.65 bits per heavy atom. The minimum absolute atomic E-state index is 0.0837. The number of aryl methyl sites for hydroxylation is 1. The lowest BCUT2D eigenvalue weighted by molar-refractivity contribution is 0.0764. The molecule has 2 heterocycles. The summed E-state index contributed by atoms with van der Waals surface area (Å²) >= 11 is 0. The number of nitrogens with zero attached hydrogens (tertiary/aromatic N) is 3. The Balaban J connectivity index is 1.96. The third-order valence-electron chi connectivity index (χ3n) is 3.03. The Bertz CT molecular complexity index is 391. The van der Waals surface area contributed by atoms with Crippen LogP contribution in [0.25, 0.3) is 0 Å². The van der Waals surface area contributed by atoms with Gasteiger partial charge in [-0.05, 0) is 6.42 Å². The smallest absolute Gasteiger partial charge is 0.293 e. The minimum Gasteiger partial charge on any atom is -0.384 e. The van der Waals surface area contributed by atoms with E-state index in [0.717, 1.165) is 31.8 Å². The molecular formula is C11H18N4O2. The van der Waals surface area contributed by atoms with Crippen molar-refractivity contribution in [2.24, 2.45) is 5.92 Å². The number of nitrogens with one attached hydrogen (secondary N) is 1. The van der Waals surface area contributed by atoms with Gasteiger partial charge in [-0.25, -0.2) is 4.98 Å². The predicted molar refractivity (Wildman–Crippen MR) is 61.6 cm³/mol. The van der Waals surface area contributed by atoms with Crippen LogP contribution in [0.1, 0.15) is 29.8 Å². The van der Waals surface area contributed by atoms with E-state index in [1.807, 2.05) is 6.92 Å². The van der Waals surface area contributed by atoms with Crippen molar-refractivity contribution in [2.75, 3.05) is 26.8 Å². The first-order valence-corrected chi connectivity index (χ1v) is 5.94. The highest BCUT2D eigenvalue weighted by Crippen LogP contribution is 2.17. The van der Waals surface area contributed by atoms with Crippen molar-refractivity contribution >= 4 is 5.91 Å². The molecule has 1 fully saturated rings. The maximum atomic E-state index is 12.1. The number of hydrogen-bond donors (Lipinski definition) is 1. The lowest BCUT2D eigenvalue weighted by atomic mass is 10.1. The van der Waals surface area contributed by atoms with Gasteiger partial charge < -0.3 is 9.64 Å². The molecule has 17 heavy (non-hydrogen) atoms. The van der Waals surface area contributed by atoms with E-state index in [-0.39, 0.29) is 11.7 Å². The lowest BCUT2D eigenvalue weighted by Gasteiger charge is -2.13. The second-order valence-corrected chi connectivity index (χ2v) is 4.32. The molecule has 1 N–H and O–H groups in total. The van der Waals surface area contributed by atoms with E-state index in [2.05, 4.69) is 15.2 Å². The molecule has 6 heteroatoms. The van der Waals surface area contributed by atoms with Crippen molar-refractivity contribution in [1.29, 1.82) is 0 Å². The quantitative estimate of drug-likeness (QED) is 0.828. The zero-order chi connectivity index (χ0) is 12.3. The summed E-state index contributed by atoms with van der Waals surface area (Å²) in [6, 6.07) is 0. The van der Waals surface area contributed by atoms with E-state index in [0.29, 0.717) is 12.5 Å². The molecule has 1 aromatic rings. The second-order valence-electron chi connectivity index (χ2n) is 4.32. The second kappa shape index (κ2) is 5.27. The highest BCUT2D eigenvalue weighted by atomic mass is 16.5. The number of hydrogen-bond acceptors (Lipinski definition) is 4. The van der Waals surface area contributed by atoms with Crippen molar-refractivity contribution in [3.63, 3.8) is 0 Å². The average Bonchev–Trinajstić information content (AvgIpc) is 2.97. The maximum Gasteiger partial charge on any atom is 0.293 e. The molecule has 0 saturated carbocycles. The molecule has 94 valence electrons. The maximum absolute atomic E-state index is 12.1. The van der Waals surface area contributed by atoms with Gasteiger partial charge in [0.05, 0.1) is 6.61 Å². The van der Waals surface area contributed by atoms with E-state index < -0.39 is 0 Å². The number of H-pyrrole nitrogens is 1. The molecule has 2 rings (SSSR count). The summed E-state index contributed by atoms with van der Waals surface area (Å²) in [6.45, 7) is 4.18. The highest BCUT2D eigenvalue weighted by molar-refractivity contribution is 5.90. The molecule has 1 aliphatic rings. The SMILES string of the molecule is CCc1nc(C(=O)N2CCC(COC)C2)n[nH]1. The lowest BCUT2D eigenvalue weighted by Crippen LogP contribution is -2.30. The molecule has 1 amide bonds. The van der Waals surface area contributed by atoms with Crippen molar-refractivity contribution in [3.8, 4) is 0 Å². The molecule has 0 aliphatic carbocycles. The molecule has 0 bridgehead atoms. The summed E-state index contributed by atoms with van der Waals surface area (Å²) < 4.78 is 5.11. The van der Waals surface area contributed by atoms with Gasteiger partial charge in [0, 0.05) is 32.5 Å². The molecule has 1 unspecified atom stereocenters. The van der Waals surface area contributed by atoms with Crippen molar-refractivity contribution in [2.45, 2.75) is 19.8 Å². The summed E-state index contributed by atoms with van der Waals surface area (Å²) in [6.07, 6.45) is 1.75. The van der Waals surface area contributed by atoms with Crippen LogP contribution in [0.2, 0.25) is 0 Å². The van der Waals surface area contributed by atoms with Gasteiger partial charge in [0.25, 0.3) is 5.91 Å². The number of aromatic nitrogens is 3. The zero-order valence-corrected chi connectivity index (χ0v) is 10.3. The standard InChI is InChI=1S/C11H18N4O2/c1-3-9-12-10(14-13-9)11(16)15-5-4-8(6-15)7-17-2/h8H,3-7H2,1-2H3,(H,12,13,14).